The highest BCUT2D eigenvalue weighted by Gasteiger charge is 2.59. The Morgan fingerprint density at radius 1 is 1.20 bits per heavy atom. The number of carbonyl (C=O) groups is 3. The number of allylic oxidation sites excluding steroid dienone is 2. The van der Waals surface area contributed by atoms with Gasteiger partial charge in [-0.3, -0.25) is 14.4 Å². The number of nitrogens with zero attached hydrogens (tertiary/aromatic N) is 2. The fraction of sp³-hybridized carbons (Fsp3) is 0.333. The minimum Gasteiger partial charge on any atom is -0.483 e. The SMILES string of the molecule is NC(=O)COc1ccccc1C=NN1C(=O)C2C3C=CC(C3)C2C1=O. The number of hydrazone groups is 1. The molecule has 4 atom stereocenters. The first-order valence-electron chi connectivity index (χ1n) is 8.16. The molecule has 3 amide bonds. The van der Waals surface area contributed by atoms with E-state index >= 15 is 0 Å². The van der Waals surface area contributed by atoms with E-state index in [0.717, 1.165) is 11.4 Å². The lowest BCUT2D eigenvalue weighted by Crippen LogP contribution is -2.28. The van der Waals surface area contributed by atoms with Crippen LogP contribution < -0.4 is 10.5 Å². The summed E-state index contributed by atoms with van der Waals surface area (Å²) in [4.78, 5) is 36.0. The van der Waals surface area contributed by atoms with Gasteiger partial charge in [-0.05, 0) is 30.4 Å². The molecule has 2 fully saturated rings. The van der Waals surface area contributed by atoms with Gasteiger partial charge in [0.25, 0.3) is 17.7 Å². The predicted octanol–water partition coefficient (Wildman–Crippen LogP) is 0.692. The summed E-state index contributed by atoms with van der Waals surface area (Å²) in [5, 5.41) is 5.09. The quantitative estimate of drug-likeness (QED) is 0.484. The van der Waals surface area contributed by atoms with Gasteiger partial charge < -0.3 is 10.5 Å². The van der Waals surface area contributed by atoms with Crippen LogP contribution in [0.3, 0.4) is 0 Å². The molecule has 0 radical (unpaired) electrons. The molecular formula is C18H17N3O4. The van der Waals surface area contributed by atoms with E-state index < -0.39 is 5.91 Å². The largest absolute Gasteiger partial charge is 0.483 e. The zero-order chi connectivity index (χ0) is 17.6. The van der Waals surface area contributed by atoms with Crippen molar-refractivity contribution in [3.63, 3.8) is 0 Å². The summed E-state index contributed by atoms with van der Waals surface area (Å²) in [5.74, 6) is -0.909. The minimum atomic E-state index is -0.590. The number of hydrogen-bond acceptors (Lipinski definition) is 5. The van der Waals surface area contributed by atoms with Gasteiger partial charge in [0.1, 0.15) is 5.75 Å². The van der Waals surface area contributed by atoms with Crippen molar-refractivity contribution in [2.75, 3.05) is 6.61 Å². The Balaban J connectivity index is 1.54. The van der Waals surface area contributed by atoms with Crippen LogP contribution in [-0.2, 0) is 14.4 Å². The molecule has 1 aromatic rings. The Kier molecular flexibility index (Phi) is 3.63. The number of imide groups is 1. The zero-order valence-corrected chi connectivity index (χ0v) is 13.4. The lowest BCUT2D eigenvalue weighted by Gasteiger charge is -2.13. The molecule has 1 aliphatic heterocycles. The summed E-state index contributed by atoms with van der Waals surface area (Å²) >= 11 is 0. The van der Waals surface area contributed by atoms with Crippen LogP contribution in [0.25, 0.3) is 0 Å². The molecule has 3 aliphatic rings. The number of carbonyl (C=O) groups excluding carboxylic acids is 3. The van der Waals surface area contributed by atoms with E-state index in [1.165, 1.54) is 6.21 Å². The smallest absolute Gasteiger partial charge is 0.255 e. The molecule has 128 valence electrons. The van der Waals surface area contributed by atoms with Gasteiger partial charge in [0, 0.05) is 5.56 Å². The number of para-hydroxylation sites is 1. The second-order valence-corrected chi connectivity index (χ2v) is 6.53. The Hall–Kier alpha value is -2.96. The molecule has 4 unspecified atom stereocenters. The van der Waals surface area contributed by atoms with E-state index in [9.17, 15) is 14.4 Å². The molecule has 1 saturated heterocycles. The molecule has 7 nitrogen and oxygen atoms in total. The first kappa shape index (κ1) is 15.6. The van der Waals surface area contributed by atoms with Gasteiger partial charge >= 0.3 is 0 Å². The van der Waals surface area contributed by atoms with Crippen LogP contribution in [0, 0.1) is 23.7 Å². The second kappa shape index (κ2) is 5.84. The molecule has 2 aliphatic carbocycles. The molecule has 1 saturated carbocycles. The maximum atomic E-state index is 12.6. The average Bonchev–Trinajstić information content (AvgIpc) is 3.27. The third-order valence-corrected chi connectivity index (χ3v) is 5.05. The van der Waals surface area contributed by atoms with Crippen LogP contribution >= 0.6 is 0 Å². The third kappa shape index (κ3) is 2.52. The van der Waals surface area contributed by atoms with Gasteiger partial charge in [-0.15, -0.1) is 0 Å². The topological polar surface area (TPSA) is 102 Å². The normalized spacial score (nSPS) is 29.7. The summed E-state index contributed by atoms with van der Waals surface area (Å²) in [6, 6.07) is 6.90. The second-order valence-electron chi connectivity index (χ2n) is 6.53. The van der Waals surface area contributed by atoms with E-state index in [-0.39, 0.29) is 42.1 Å². The number of amides is 3. The summed E-state index contributed by atoms with van der Waals surface area (Å²) in [6.07, 6.45) is 6.37. The van der Waals surface area contributed by atoms with Crippen LogP contribution in [0.1, 0.15) is 12.0 Å². The molecular weight excluding hydrogens is 322 g/mol. The van der Waals surface area contributed by atoms with Crippen molar-refractivity contribution < 1.29 is 19.1 Å². The highest BCUT2D eigenvalue weighted by atomic mass is 16.5. The molecule has 2 bridgehead atoms. The van der Waals surface area contributed by atoms with Crippen LogP contribution in [-0.4, -0.2) is 35.6 Å². The molecule has 0 aromatic heterocycles. The zero-order valence-electron chi connectivity index (χ0n) is 13.4. The monoisotopic (exact) mass is 339 g/mol. The molecule has 1 aromatic carbocycles. The molecule has 0 spiro atoms. The summed E-state index contributed by atoms with van der Waals surface area (Å²) in [7, 11) is 0. The number of ether oxygens (including phenoxy) is 1. The molecule has 1 heterocycles. The summed E-state index contributed by atoms with van der Waals surface area (Å²) in [5.41, 5.74) is 5.64. The first-order valence-corrected chi connectivity index (χ1v) is 8.16. The Morgan fingerprint density at radius 2 is 1.84 bits per heavy atom. The van der Waals surface area contributed by atoms with Gasteiger partial charge in [0.05, 0.1) is 18.1 Å². The van der Waals surface area contributed by atoms with Crippen LogP contribution in [0.15, 0.2) is 41.5 Å². The van der Waals surface area contributed by atoms with E-state index in [1.807, 2.05) is 12.2 Å². The summed E-state index contributed by atoms with van der Waals surface area (Å²) in [6.45, 7) is -0.258. The van der Waals surface area contributed by atoms with Crippen molar-refractivity contribution >= 4 is 23.9 Å². The van der Waals surface area contributed by atoms with Crippen molar-refractivity contribution in [1.29, 1.82) is 0 Å². The van der Waals surface area contributed by atoms with Gasteiger partial charge in [-0.25, -0.2) is 0 Å². The number of primary amides is 1. The van der Waals surface area contributed by atoms with E-state index in [0.29, 0.717) is 11.3 Å². The highest BCUT2D eigenvalue weighted by molar-refractivity contribution is 6.06. The van der Waals surface area contributed by atoms with E-state index in [2.05, 4.69) is 5.10 Å². The highest BCUT2D eigenvalue weighted by Crippen LogP contribution is 2.52. The van der Waals surface area contributed by atoms with Crippen molar-refractivity contribution in [3.8, 4) is 5.75 Å². The van der Waals surface area contributed by atoms with Crippen molar-refractivity contribution in [2.45, 2.75) is 6.42 Å². The van der Waals surface area contributed by atoms with Crippen molar-refractivity contribution in [2.24, 2.45) is 34.5 Å². The lowest BCUT2D eigenvalue weighted by atomic mass is 9.85. The van der Waals surface area contributed by atoms with Gasteiger partial charge in [-0.1, -0.05) is 24.3 Å². The Morgan fingerprint density at radius 3 is 2.48 bits per heavy atom. The molecule has 2 N–H and O–H groups in total. The van der Waals surface area contributed by atoms with Gasteiger partial charge in [0.2, 0.25) is 0 Å². The van der Waals surface area contributed by atoms with Crippen LogP contribution in [0.2, 0.25) is 0 Å². The molecule has 4 rings (SSSR count). The van der Waals surface area contributed by atoms with E-state index in [1.54, 1.807) is 24.3 Å². The summed E-state index contributed by atoms with van der Waals surface area (Å²) < 4.78 is 5.32. The molecule has 7 heteroatoms. The van der Waals surface area contributed by atoms with Crippen molar-refractivity contribution in [1.82, 2.24) is 5.01 Å². The maximum absolute atomic E-state index is 12.6. The van der Waals surface area contributed by atoms with Gasteiger partial charge in [0.15, 0.2) is 6.61 Å². The minimum absolute atomic E-state index is 0.151. The number of benzene rings is 1. The molecule has 25 heavy (non-hydrogen) atoms. The number of hydrogen-bond donors (Lipinski definition) is 1. The lowest BCUT2D eigenvalue weighted by molar-refractivity contribution is -0.140. The van der Waals surface area contributed by atoms with E-state index in [4.69, 9.17) is 10.5 Å². The fourth-order valence-electron chi connectivity index (χ4n) is 3.99. The van der Waals surface area contributed by atoms with Crippen molar-refractivity contribution in [3.05, 3.63) is 42.0 Å². The van der Waals surface area contributed by atoms with Gasteiger partial charge in [-0.2, -0.15) is 10.1 Å². The standard InChI is InChI=1S/C18H17N3O4/c19-14(22)9-25-13-4-2-1-3-12(13)8-20-21-17(23)15-10-5-6-11(7-10)16(15)18(21)24/h1-6,8,10-11,15-16H,7,9H2,(H2,19,22). The first-order chi connectivity index (χ1) is 12.1. The van der Waals surface area contributed by atoms with Crippen LogP contribution in [0.5, 0.6) is 5.75 Å². The predicted molar refractivity (Wildman–Crippen MR) is 88.3 cm³/mol. The third-order valence-electron chi connectivity index (χ3n) is 5.05. The number of nitrogens with two attached hydrogens (primary N) is 1. The number of rotatable bonds is 5. The average molecular weight is 339 g/mol. The Labute approximate surface area is 144 Å². The number of fused-ring (bicyclic) bond motifs is 5. The fourth-order valence-corrected chi connectivity index (χ4v) is 3.99. The van der Waals surface area contributed by atoms with Crippen LogP contribution in [0.4, 0.5) is 0 Å². The maximum Gasteiger partial charge on any atom is 0.255 e. The Bertz CT molecular complexity index is 786.